The van der Waals surface area contributed by atoms with Crippen molar-refractivity contribution in [3.05, 3.63) is 29.6 Å². The van der Waals surface area contributed by atoms with Crippen LogP contribution in [0.4, 0.5) is 11.6 Å². The lowest BCUT2D eigenvalue weighted by Crippen LogP contribution is -1.93. The number of nitriles is 1. The Morgan fingerprint density at radius 2 is 2.00 bits per heavy atom. The largest absolute Gasteiger partial charge is 0.384 e. The average Bonchev–Trinajstić information content (AvgIpc) is 2.19. The van der Waals surface area contributed by atoms with E-state index in [4.69, 9.17) is 23.3 Å². The molecular formula is C10H13N5. The lowest BCUT2D eigenvalue weighted by molar-refractivity contribution is 0.932. The van der Waals surface area contributed by atoms with Crippen molar-refractivity contribution in [2.75, 3.05) is 18.0 Å². The predicted octanol–water partition coefficient (Wildman–Crippen LogP) is 1.46. The lowest BCUT2D eigenvalue weighted by Gasteiger charge is -1.90. The predicted molar refractivity (Wildman–Crippen MR) is 59.4 cm³/mol. The van der Waals surface area contributed by atoms with Gasteiger partial charge in [0, 0.05) is 12.8 Å². The third-order valence-corrected chi connectivity index (χ3v) is 1.35. The van der Waals surface area contributed by atoms with Gasteiger partial charge in [0.25, 0.3) is 0 Å². The number of hydrogen-bond donors (Lipinski definition) is 2. The van der Waals surface area contributed by atoms with Gasteiger partial charge in [0.1, 0.15) is 11.6 Å². The molecule has 1 aromatic heterocycles. The number of nitrogens with zero attached hydrogens (tertiary/aromatic N) is 3. The Balaban J connectivity index is 0.000000265. The van der Waals surface area contributed by atoms with Crippen molar-refractivity contribution in [3.8, 4) is 6.07 Å². The first-order valence-electron chi connectivity index (χ1n) is 4.39. The summed E-state index contributed by atoms with van der Waals surface area (Å²) in [6.07, 6.45) is 1.24. The second-order valence-electron chi connectivity index (χ2n) is 2.63. The molecule has 0 aliphatic heterocycles. The molecule has 0 aromatic carbocycles. The molecule has 5 heteroatoms. The van der Waals surface area contributed by atoms with Gasteiger partial charge in [-0.15, -0.1) is 0 Å². The normalized spacial score (nSPS) is 7.87. The number of hydrogen-bond acceptors (Lipinski definition) is 4. The molecular weight excluding hydrogens is 190 g/mol. The molecule has 0 fully saturated rings. The Kier molecular flexibility index (Phi) is 7.07. The second-order valence-corrected chi connectivity index (χ2v) is 2.63. The number of pyridine rings is 1. The summed E-state index contributed by atoms with van der Waals surface area (Å²) >= 11 is 0. The summed E-state index contributed by atoms with van der Waals surface area (Å²) in [6.45, 7) is 6.79. The zero-order valence-corrected chi connectivity index (χ0v) is 8.35. The molecule has 0 bridgehead atoms. The van der Waals surface area contributed by atoms with E-state index in [0.717, 1.165) is 6.42 Å². The van der Waals surface area contributed by atoms with E-state index in [-0.39, 0.29) is 0 Å². The van der Waals surface area contributed by atoms with Crippen LogP contribution in [0.3, 0.4) is 0 Å². The van der Waals surface area contributed by atoms with Gasteiger partial charge in [-0.05, 0) is 12.1 Å². The van der Waals surface area contributed by atoms with Crippen LogP contribution in [0.15, 0.2) is 18.2 Å². The van der Waals surface area contributed by atoms with Crippen molar-refractivity contribution in [1.82, 2.24) is 4.98 Å². The van der Waals surface area contributed by atoms with E-state index in [1.54, 1.807) is 18.2 Å². The van der Waals surface area contributed by atoms with Crippen LogP contribution in [0, 0.1) is 17.9 Å². The smallest absolute Gasteiger partial charge is 0.215 e. The van der Waals surface area contributed by atoms with E-state index < -0.39 is 0 Å². The fourth-order valence-corrected chi connectivity index (χ4v) is 0.706. The summed E-state index contributed by atoms with van der Waals surface area (Å²) in [4.78, 5) is 6.80. The average molecular weight is 203 g/mol. The zero-order valence-electron chi connectivity index (χ0n) is 8.35. The highest BCUT2D eigenvalue weighted by molar-refractivity contribution is 5.37. The minimum atomic E-state index is 0.463. The Morgan fingerprint density at radius 1 is 1.40 bits per heavy atom. The van der Waals surface area contributed by atoms with Crippen LogP contribution in [0.2, 0.25) is 0 Å². The van der Waals surface area contributed by atoms with E-state index >= 15 is 0 Å². The summed E-state index contributed by atoms with van der Waals surface area (Å²) in [7, 11) is 0. The van der Waals surface area contributed by atoms with Crippen molar-refractivity contribution in [3.63, 3.8) is 0 Å². The zero-order chi connectivity index (χ0) is 11.5. The molecule has 78 valence electrons. The topological polar surface area (TPSA) is 93.1 Å². The number of aromatic nitrogens is 1. The molecule has 4 N–H and O–H groups in total. The third kappa shape index (κ3) is 8.07. The van der Waals surface area contributed by atoms with E-state index in [0.29, 0.717) is 24.6 Å². The van der Waals surface area contributed by atoms with Crippen molar-refractivity contribution in [2.45, 2.75) is 12.8 Å². The summed E-state index contributed by atoms with van der Waals surface area (Å²) in [5.41, 5.74) is 10.5. The Hall–Kier alpha value is -2.27. The van der Waals surface area contributed by atoms with Crippen molar-refractivity contribution >= 4 is 11.6 Å². The molecule has 0 atom stereocenters. The molecule has 0 amide bonds. The van der Waals surface area contributed by atoms with Crippen LogP contribution < -0.4 is 11.5 Å². The first-order valence-corrected chi connectivity index (χ1v) is 4.39. The molecule has 15 heavy (non-hydrogen) atoms. The van der Waals surface area contributed by atoms with Crippen LogP contribution in [-0.4, -0.2) is 11.5 Å². The first kappa shape index (κ1) is 12.7. The van der Waals surface area contributed by atoms with Gasteiger partial charge < -0.3 is 16.3 Å². The molecule has 1 rings (SSSR count). The van der Waals surface area contributed by atoms with Gasteiger partial charge in [-0.3, -0.25) is 0 Å². The van der Waals surface area contributed by atoms with E-state index in [2.05, 4.69) is 9.83 Å². The molecule has 0 aliphatic rings. The van der Waals surface area contributed by atoms with Crippen LogP contribution in [-0.2, 0) is 0 Å². The molecule has 0 aliphatic carbocycles. The molecule has 1 aromatic rings. The fourth-order valence-electron chi connectivity index (χ4n) is 0.706. The van der Waals surface area contributed by atoms with E-state index in [1.807, 2.05) is 6.07 Å². The third-order valence-electron chi connectivity index (χ3n) is 1.35. The maximum Gasteiger partial charge on any atom is 0.215 e. The summed E-state index contributed by atoms with van der Waals surface area (Å²) in [5.74, 6) is 0.926. The van der Waals surface area contributed by atoms with Crippen LogP contribution in [0.25, 0.3) is 4.85 Å². The van der Waals surface area contributed by atoms with Gasteiger partial charge in [0.2, 0.25) is 6.54 Å². The monoisotopic (exact) mass is 203 g/mol. The maximum absolute atomic E-state index is 7.94. The first-order chi connectivity index (χ1) is 7.20. The lowest BCUT2D eigenvalue weighted by atomic mass is 10.3. The van der Waals surface area contributed by atoms with Gasteiger partial charge in [0.05, 0.1) is 6.07 Å². The fraction of sp³-hybridized carbons (Fsp3) is 0.300. The highest BCUT2D eigenvalue weighted by Gasteiger charge is 1.83. The number of nitrogens with two attached hydrogens (primary N) is 2. The summed E-state index contributed by atoms with van der Waals surface area (Å²) < 4.78 is 0. The van der Waals surface area contributed by atoms with Crippen LogP contribution in [0.5, 0.6) is 0 Å². The molecule has 0 unspecified atom stereocenters. The van der Waals surface area contributed by atoms with E-state index in [9.17, 15) is 0 Å². The van der Waals surface area contributed by atoms with E-state index in [1.165, 1.54) is 0 Å². The second kappa shape index (κ2) is 8.33. The molecule has 0 saturated carbocycles. The molecule has 1 heterocycles. The maximum atomic E-state index is 7.94. The van der Waals surface area contributed by atoms with Crippen LogP contribution in [0.1, 0.15) is 12.8 Å². The number of anilines is 2. The van der Waals surface area contributed by atoms with Gasteiger partial charge >= 0.3 is 0 Å². The quantitative estimate of drug-likeness (QED) is 0.562. The molecule has 5 nitrogen and oxygen atoms in total. The Bertz CT molecular complexity index is 330. The van der Waals surface area contributed by atoms with Gasteiger partial charge in [0.15, 0.2) is 0 Å². The minimum absolute atomic E-state index is 0.463. The summed E-state index contributed by atoms with van der Waals surface area (Å²) in [5, 5.41) is 7.94. The Morgan fingerprint density at radius 3 is 2.33 bits per heavy atom. The minimum Gasteiger partial charge on any atom is -0.384 e. The standard InChI is InChI=1S/C5H7N3.C5H6N2/c6-4-2-1-3-5(7)8-4;1-7-5-3-2-4-6/h1-3H,(H4,6,7,8);2-3,5H2. The van der Waals surface area contributed by atoms with Crippen LogP contribution >= 0.6 is 0 Å². The van der Waals surface area contributed by atoms with Gasteiger partial charge in [-0.2, -0.15) is 5.26 Å². The number of rotatable bonds is 2. The Labute approximate surface area is 89.2 Å². The van der Waals surface area contributed by atoms with Crippen molar-refractivity contribution in [2.24, 2.45) is 0 Å². The van der Waals surface area contributed by atoms with Gasteiger partial charge in [-0.25, -0.2) is 11.6 Å². The number of nitrogen functional groups attached to an aromatic ring is 2. The van der Waals surface area contributed by atoms with Gasteiger partial charge in [-0.1, -0.05) is 6.07 Å². The highest BCUT2D eigenvalue weighted by Crippen LogP contribution is 1.99. The summed E-state index contributed by atoms with van der Waals surface area (Å²) in [6, 6.07) is 7.10. The van der Waals surface area contributed by atoms with Crippen molar-refractivity contribution < 1.29 is 0 Å². The number of unbranched alkanes of at least 4 members (excludes halogenated alkanes) is 1. The SMILES string of the molecule is Nc1cccc(N)n1.[C-]#[N+]CCCC#N. The van der Waals surface area contributed by atoms with Crippen molar-refractivity contribution in [1.29, 1.82) is 5.26 Å². The molecule has 0 saturated heterocycles. The molecule has 0 spiro atoms. The highest BCUT2D eigenvalue weighted by atomic mass is 14.9. The molecule has 0 radical (unpaired) electrons.